The first-order valence-electron chi connectivity index (χ1n) is 6.47. The van der Waals surface area contributed by atoms with Crippen molar-refractivity contribution in [3.8, 4) is 0 Å². The monoisotopic (exact) mass is 316 g/mol. The zero-order valence-corrected chi connectivity index (χ0v) is 12.5. The summed E-state index contributed by atoms with van der Waals surface area (Å²) < 4.78 is 22.7. The fourth-order valence-corrected chi connectivity index (χ4v) is 4.14. The Hall–Kier alpha value is -1.35. The highest BCUT2D eigenvalue weighted by Gasteiger charge is 2.29. The largest absolute Gasteiger partial charge is 0.382 e. The molecule has 1 saturated heterocycles. The zero-order valence-electron chi connectivity index (χ0n) is 10.8. The second-order valence-electron chi connectivity index (χ2n) is 5.10. The summed E-state index contributed by atoms with van der Waals surface area (Å²) in [5, 5.41) is 3.87. The van der Waals surface area contributed by atoms with Crippen LogP contribution in [0, 0.1) is 0 Å². The average molecular weight is 316 g/mol. The molecule has 20 heavy (non-hydrogen) atoms. The van der Waals surface area contributed by atoms with Gasteiger partial charge in [-0.2, -0.15) is 0 Å². The third kappa shape index (κ3) is 2.88. The molecule has 3 N–H and O–H groups in total. The first-order chi connectivity index (χ1) is 9.44. The maximum atomic E-state index is 12.3. The van der Waals surface area contributed by atoms with Crippen LogP contribution in [0.1, 0.15) is 22.5 Å². The molecular weight excluding hydrogens is 300 g/mol. The van der Waals surface area contributed by atoms with E-state index in [4.69, 9.17) is 5.73 Å². The average Bonchev–Trinajstić information content (AvgIpc) is 3.11. The summed E-state index contributed by atoms with van der Waals surface area (Å²) in [5.41, 5.74) is 5.79. The number of thiazole rings is 1. The standard InChI is InChI=1S/C11H16N4O3S2/c12-9-8(19-11(14-9)13-7-1-2-7)10(16)15-3-5-20(17,18)6-4-15/h7H,1-6,12H2,(H,13,14). The first-order valence-corrected chi connectivity index (χ1v) is 9.11. The third-order valence-corrected chi connectivity index (χ3v) is 5.98. The highest BCUT2D eigenvalue weighted by molar-refractivity contribution is 7.91. The van der Waals surface area contributed by atoms with Crippen molar-refractivity contribution in [1.82, 2.24) is 9.88 Å². The molecule has 2 aliphatic rings. The van der Waals surface area contributed by atoms with Crippen molar-refractivity contribution in [3.05, 3.63) is 4.88 Å². The Morgan fingerprint density at radius 3 is 2.60 bits per heavy atom. The van der Waals surface area contributed by atoms with E-state index >= 15 is 0 Å². The second-order valence-corrected chi connectivity index (χ2v) is 8.40. The molecule has 7 nitrogen and oxygen atoms in total. The number of sulfone groups is 1. The molecule has 1 amide bonds. The molecule has 0 atom stereocenters. The normalized spacial score (nSPS) is 21.7. The lowest BCUT2D eigenvalue weighted by Crippen LogP contribution is -2.43. The van der Waals surface area contributed by atoms with Gasteiger partial charge in [0.15, 0.2) is 15.0 Å². The number of hydrogen-bond acceptors (Lipinski definition) is 7. The van der Waals surface area contributed by atoms with Gasteiger partial charge in [0.2, 0.25) is 0 Å². The van der Waals surface area contributed by atoms with E-state index in [9.17, 15) is 13.2 Å². The van der Waals surface area contributed by atoms with Crippen molar-refractivity contribution in [2.24, 2.45) is 0 Å². The predicted octanol–water partition coefficient (Wildman–Crippen LogP) is 0.170. The van der Waals surface area contributed by atoms with E-state index in [0.29, 0.717) is 16.1 Å². The first kappa shape index (κ1) is 13.6. The number of nitrogens with zero attached hydrogens (tertiary/aromatic N) is 2. The van der Waals surface area contributed by atoms with Crippen LogP contribution in [-0.2, 0) is 9.84 Å². The molecule has 0 spiro atoms. The van der Waals surface area contributed by atoms with Gasteiger partial charge in [-0.25, -0.2) is 13.4 Å². The second kappa shape index (κ2) is 4.88. The van der Waals surface area contributed by atoms with Crippen LogP contribution in [0.2, 0.25) is 0 Å². The lowest BCUT2D eigenvalue weighted by atomic mass is 10.4. The summed E-state index contributed by atoms with van der Waals surface area (Å²) in [6.07, 6.45) is 2.24. The van der Waals surface area contributed by atoms with Crippen LogP contribution in [0.4, 0.5) is 10.9 Å². The number of anilines is 2. The van der Waals surface area contributed by atoms with E-state index in [2.05, 4.69) is 10.3 Å². The number of carbonyl (C=O) groups excluding carboxylic acids is 1. The molecule has 1 aliphatic carbocycles. The molecule has 0 unspecified atom stereocenters. The van der Waals surface area contributed by atoms with Gasteiger partial charge in [0.05, 0.1) is 11.5 Å². The van der Waals surface area contributed by atoms with E-state index < -0.39 is 9.84 Å². The van der Waals surface area contributed by atoms with Gasteiger partial charge >= 0.3 is 0 Å². The van der Waals surface area contributed by atoms with Crippen molar-refractivity contribution < 1.29 is 13.2 Å². The molecule has 1 aromatic rings. The van der Waals surface area contributed by atoms with E-state index in [1.807, 2.05) is 0 Å². The van der Waals surface area contributed by atoms with Gasteiger partial charge in [0.25, 0.3) is 5.91 Å². The zero-order chi connectivity index (χ0) is 14.3. The van der Waals surface area contributed by atoms with Crippen molar-refractivity contribution in [2.75, 3.05) is 35.6 Å². The van der Waals surface area contributed by atoms with Crippen molar-refractivity contribution in [3.63, 3.8) is 0 Å². The molecule has 1 aliphatic heterocycles. The lowest BCUT2D eigenvalue weighted by molar-refractivity contribution is 0.0776. The number of rotatable bonds is 3. The maximum absolute atomic E-state index is 12.3. The number of nitrogens with two attached hydrogens (primary N) is 1. The highest BCUT2D eigenvalue weighted by Crippen LogP contribution is 2.31. The summed E-state index contributed by atoms with van der Waals surface area (Å²) in [7, 11) is -2.99. The molecular formula is C11H16N4O3S2. The van der Waals surface area contributed by atoms with E-state index in [-0.39, 0.29) is 36.3 Å². The van der Waals surface area contributed by atoms with Gasteiger partial charge < -0.3 is 16.0 Å². The van der Waals surface area contributed by atoms with Gasteiger partial charge in [0, 0.05) is 19.1 Å². The smallest absolute Gasteiger partial charge is 0.267 e. The minimum absolute atomic E-state index is 0.0185. The molecule has 9 heteroatoms. The highest BCUT2D eigenvalue weighted by atomic mass is 32.2. The molecule has 3 rings (SSSR count). The molecule has 0 radical (unpaired) electrons. The Morgan fingerprint density at radius 2 is 2.00 bits per heavy atom. The van der Waals surface area contributed by atoms with Crippen LogP contribution >= 0.6 is 11.3 Å². The van der Waals surface area contributed by atoms with Crippen LogP contribution in [0.25, 0.3) is 0 Å². The van der Waals surface area contributed by atoms with Crippen LogP contribution in [0.5, 0.6) is 0 Å². The molecule has 0 bridgehead atoms. The SMILES string of the molecule is Nc1nc(NC2CC2)sc1C(=O)N1CCS(=O)(=O)CC1. The molecule has 1 aromatic heterocycles. The fraction of sp³-hybridized carbons (Fsp3) is 0.636. The van der Waals surface area contributed by atoms with Gasteiger partial charge in [0.1, 0.15) is 10.7 Å². The minimum Gasteiger partial charge on any atom is -0.382 e. The number of nitrogens with one attached hydrogen (secondary N) is 1. The lowest BCUT2D eigenvalue weighted by Gasteiger charge is -2.26. The van der Waals surface area contributed by atoms with Gasteiger partial charge in [-0.05, 0) is 12.8 Å². The quantitative estimate of drug-likeness (QED) is 0.823. The fourth-order valence-electron chi connectivity index (χ4n) is 2.01. The van der Waals surface area contributed by atoms with Gasteiger partial charge in [-0.1, -0.05) is 11.3 Å². The van der Waals surface area contributed by atoms with E-state index in [0.717, 1.165) is 12.8 Å². The Bertz CT molecular complexity index is 622. The Morgan fingerprint density at radius 1 is 1.35 bits per heavy atom. The Kier molecular flexibility index (Phi) is 3.33. The third-order valence-electron chi connectivity index (χ3n) is 3.38. The number of carbonyl (C=O) groups is 1. The molecule has 1 saturated carbocycles. The number of nitrogen functional groups attached to an aromatic ring is 1. The van der Waals surface area contributed by atoms with Crippen molar-refractivity contribution >= 4 is 38.0 Å². The van der Waals surface area contributed by atoms with E-state index in [1.165, 1.54) is 16.2 Å². The van der Waals surface area contributed by atoms with E-state index in [1.54, 1.807) is 0 Å². The maximum Gasteiger partial charge on any atom is 0.267 e. The minimum atomic E-state index is -2.99. The summed E-state index contributed by atoms with van der Waals surface area (Å²) in [6.45, 7) is 0.452. The predicted molar refractivity (Wildman–Crippen MR) is 77.7 cm³/mol. The number of aromatic nitrogens is 1. The Labute approximate surface area is 121 Å². The van der Waals surface area contributed by atoms with Crippen molar-refractivity contribution in [1.29, 1.82) is 0 Å². The van der Waals surface area contributed by atoms with Crippen molar-refractivity contribution in [2.45, 2.75) is 18.9 Å². The Balaban J connectivity index is 1.71. The summed E-state index contributed by atoms with van der Waals surface area (Å²) >= 11 is 1.24. The summed E-state index contributed by atoms with van der Waals surface area (Å²) in [4.78, 5) is 18.4. The molecule has 2 heterocycles. The van der Waals surface area contributed by atoms with Crippen LogP contribution in [0.3, 0.4) is 0 Å². The molecule has 0 aromatic carbocycles. The van der Waals surface area contributed by atoms with Crippen LogP contribution < -0.4 is 11.1 Å². The molecule has 110 valence electrons. The topological polar surface area (TPSA) is 105 Å². The van der Waals surface area contributed by atoms with Crippen LogP contribution in [0.15, 0.2) is 0 Å². The number of amides is 1. The van der Waals surface area contributed by atoms with Gasteiger partial charge in [-0.3, -0.25) is 4.79 Å². The van der Waals surface area contributed by atoms with Crippen LogP contribution in [-0.4, -0.2) is 54.8 Å². The summed E-state index contributed by atoms with van der Waals surface area (Å²) in [5.74, 6) is 0.0326. The van der Waals surface area contributed by atoms with Gasteiger partial charge in [-0.15, -0.1) is 0 Å². The summed E-state index contributed by atoms with van der Waals surface area (Å²) in [6, 6.07) is 0.448. The molecule has 2 fully saturated rings. The number of hydrogen-bond donors (Lipinski definition) is 2.